The Kier molecular flexibility index (Phi) is 5.58. The molecule has 98 valence electrons. The Hall–Kier alpha value is -1.62. The smallest absolute Gasteiger partial charge is 0.234 e. The number of hydrogen-bond donors (Lipinski definition) is 2. The molecular formula is C13H18N2O2S. The van der Waals surface area contributed by atoms with Gasteiger partial charge in [-0.05, 0) is 30.7 Å². The van der Waals surface area contributed by atoms with Crippen LogP contribution in [0.1, 0.15) is 19.8 Å². The largest absolute Gasteiger partial charge is 0.497 e. The van der Waals surface area contributed by atoms with Gasteiger partial charge in [0.05, 0.1) is 18.0 Å². The maximum atomic E-state index is 12.0. The van der Waals surface area contributed by atoms with Crippen molar-refractivity contribution in [1.29, 1.82) is 0 Å². The summed E-state index contributed by atoms with van der Waals surface area (Å²) < 4.78 is 5.04. The van der Waals surface area contributed by atoms with E-state index in [0.29, 0.717) is 12.1 Å². The first-order valence-corrected chi connectivity index (χ1v) is 6.23. The summed E-state index contributed by atoms with van der Waals surface area (Å²) in [6.07, 6.45) is 1.52. The molecule has 18 heavy (non-hydrogen) atoms. The van der Waals surface area contributed by atoms with Crippen molar-refractivity contribution in [1.82, 2.24) is 0 Å². The van der Waals surface area contributed by atoms with Crippen LogP contribution in [0, 0.1) is 5.92 Å². The summed E-state index contributed by atoms with van der Waals surface area (Å²) in [6.45, 7) is 1.99. The Morgan fingerprint density at radius 2 is 2.06 bits per heavy atom. The van der Waals surface area contributed by atoms with Gasteiger partial charge in [-0.25, -0.2) is 0 Å². The minimum absolute atomic E-state index is 0.158. The number of anilines is 1. The first kappa shape index (κ1) is 14.4. The normalized spacial score (nSPS) is 11.7. The zero-order valence-corrected chi connectivity index (χ0v) is 11.4. The maximum absolute atomic E-state index is 12.0. The molecule has 0 aromatic heterocycles. The number of nitrogens with one attached hydrogen (secondary N) is 1. The van der Waals surface area contributed by atoms with Crippen molar-refractivity contribution < 1.29 is 9.53 Å². The summed E-state index contributed by atoms with van der Waals surface area (Å²) in [5.74, 6) is 0.175. The van der Waals surface area contributed by atoms with Gasteiger partial charge >= 0.3 is 0 Å². The van der Waals surface area contributed by atoms with Crippen molar-refractivity contribution in [3.63, 3.8) is 0 Å². The number of rotatable bonds is 6. The topological polar surface area (TPSA) is 64.3 Å². The first-order valence-electron chi connectivity index (χ1n) is 5.82. The maximum Gasteiger partial charge on any atom is 0.234 e. The van der Waals surface area contributed by atoms with E-state index in [4.69, 9.17) is 22.7 Å². The molecule has 5 heteroatoms. The van der Waals surface area contributed by atoms with Gasteiger partial charge in [-0.15, -0.1) is 0 Å². The molecule has 3 N–H and O–H groups in total. The molecule has 0 saturated heterocycles. The number of nitrogens with two attached hydrogens (primary N) is 1. The van der Waals surface area contributed by atoms with Crippen molar-refractivity contribution >= 4 is 28.8 Å². The van der Waals surface area contributed by atoms with Crippen LogP contribution in [-0.2, 0) is 4.79 Å². The van der Waals surface area contributed by atoms with Crippen molar-refractivity contribution in [2.75, 3.05) is 12.4 Å². The lowest BCUT2D eigenvalue weighted by molar-refractivity contribution is -0.118. The highest BCUT2D eigenvalue weighted by molar-refractivity contribution is 7.80. The zero-order chi connectivity index (χ0) is 13.5. The van der Waals surface area contributed by atoms with E-state index in [0.717, 1.165) is 12.2 Å². The van der Waals surface area contributed by atoms with Gasteiger partial charge in [0.15, 0.2) is 0 Å². The number of carbonyl (C=O) groups excluding carboxylic acids is 1. The highest BCUT2D eigenvalue weighted by Gasteiger charge is 2.20. The van der Waals surface area contributed by atoms with E-state index in [-0.39, 0.29) is 10.9 Å². The summed E-state index contributed by atoms with van der Waals surface area (Å²) in [5.41, 5.74) is 6.28. The monoisotopic (exact) mass is 266 g/mol. The summed E-state index contributed by atoms with van der Waals surface area (Å²) in [5, 5.41) is 2.80. The molecule has 0 aliphatic carbocycles. The SMILES string of the molecule is CCCC(C(=O)Nc1ccc(OC)cc1)C(N)=S. The molecule has 1 rings (SSSR count). The molecule has 0 spiro atoms. The van der Waals surface area contributed by atoms with Crippen LogP contribution in [0.25, 0.3) is 0 Å². The minimum Gasteiger partial charge on any atom is -0.497 e. The van der Waals surface area contributed by atoms with Crippen molar-refractivity contribution in [2.24, 2.45) is 11.7 Å². The Labute approximate surface area is 113 Å². The highest BCUT2D eigenvalue weighted by atomic mass is 32.1. The van der Waals surface area contributed by atoms with E-state index < -0.39 is 5.92 Å². The van der Waals surface area contributed by atoms with Crippen LogP contribution in [0.2, 0.25) is 0 Å². The fraction of sp³-hybridized carbons (Fsp3) is 0.385. The molecule has 1 amide bonds. The lowest BCUT2D eigenvalue weighted by Crippen LogP contribution is -2.33. The lowest BCUT2D eigenvalue weighted by Gasteiger charge is -2.14. The van der Waals surface area contributed by atoms with Gasteiger partial charge in [-0.1, -0.05) is 25.6 Å². The third kappa shape index (κ3) is 4.00. The van der Waals surface area contributed by atoms with Crippen LogP contribution < -0.4 is 15.8 Å². The molecule has 1 unspecified atom stereocenters. The average Bonchev–Trinajstić information content (AvgIpc) is 2.36. The van der Waals surface area contributed by atoms with E-state index in [1.54, 1.807) is 31.4 Å². The van der Waals surface area contributed by atoms with Crippen molar-refractivity contribution in [2.45, 2.75) is 19.8 Å². The predicted molar refractivity (Wildman–Crippen MR) is 76.8 cm³/mol. The Bertz CT molecular complexity index is 418. The second-order valence-corrected chi connectivity index (χ2v) is 4.43. The van der Waals surface area contributed by atoms with Gasteiger partial charge in [0.1, 0.15) is 5.75 Å². The third-order valence-corrected chi connectivity index (χ3v) is 2.88. The highest BCUT2D eigenvalue weighted by Crippen LogP contribution is 2.17. The fourth-order valence-corrected chi connectivity index (χ4v) is 1.82. The molecule has 1 atom stereocenters. The first-order chi connectivity index (χ1) is 8.58. The number of benzene rings is 1. The number of carbonyl (C=O) groups is 1. The van der Waals surface area contributed by atoms with Crippen LogP contribution >= 0.6 is 12.2 Å². The zero-order valence-electron chi connectivity index (χ0n) is 10.6. The van der Waals surface area contributed by atoms with Crippen LogP contribution in [0.15, 0.2) is 24.3 Å². The van der Waals surface area contributed by atoms with Gasteiger partial charge in [-0.3, -0.25) is 4.79 Å². The van der Waals surface area contributed by atoms with E-state index >= 15 is 0 Å². The van der Waals surface area contributed by atoms with Gasteiger partial charge in [0.2, 0.25) is 5.91 Å². The van der Waals surface area contributed by atoms with Crippen LogP contribution in [0.5, 0.6) is 5.75 Å². The summed E-state index contributed by atoms with van der Waals surface area (Å²) >= 11 is 4.91. The van der Waals surface area contributed by atoms with E-state index in [9.17, 15) is 4.79 Å². The third-order valence-electron chi connectivity index (χ3n) is 2.59. The van der Waals surface area contributed by atoms with Crippen LogP contribution in [0.3, 0.4) is 0 Å². The fourth-order valence-electron chi connectivity index (χ4n) is 1.59. The van der Waals surface area contributed by atoms with Gasteiger partial charge in [-0.2, -0.15) is 0 Å². The number of ether oxygens (including phenoxy) is 1. The molecule has 1 aromatic carbocycles. The Morgan fingerprint density at radius 1 is 1.44 bits per heavy atom. The number of thiocarbonyl (C=S) groups is 1. The van der Waals surface area contributed by atoms with Crippen LogP contribution in [0.4, 0.5) is 5.69 Å². The molecule has 4 nitrogen and oxygen atoms in total. The molecule has 0 fully saturated rings. The molecule has 0 radical (unpaired) electrons. The standard InChI is InChI=1S/C13H18N2O2S/c1-3-4-11(12(14)18)13(16)15-9-5-7-10(17-2)8-6-9/h5-8,11H,3-4H2,1-2H3,(H2,14,18)(H,15,16). The summed E-state index contributed by atoms with van der Waals surface area (Å²) in [7, 11) is 1.59. The number of amides is 1. The Morgan fingerprint density at radius 3 is 2.50 bits per heavy atom. The van der Waals surface area contributed by atoms with Gasteiger partial charge in [0.25, 0.3) is 0 Å². The van der Waals surface area contributed by atoms with Crippen molar-refractivity contribution in [3.8, 4) is 5.75 Å². The predicted octanol–water partition coefficient (Wildman–Crippen LogP) is 2.34. The molecule has 0 bridgehead atoms. The van der Waals surface area contributed by atoms with Gasteiger partial charge < -0.3 is 15.8 Å². The van der Waals surface area contributed by atoms with E-state index in [1.165, 1.54) is 0 Å². The Balaban J connectivity index is 2.69. The second kappa shape index (κ2) is 6.96. The number of hydrogen-bond acceptors (Lipinski definition) is 3. The minimum atomic E-state index is -0.410. The molecular weight excluding hydrogens is 248 g/mol. The summed E-state index contributed by atoms with van der Waals surface area (Å²) in [6, 6.07) is 7.12. The van der Waals surface area contributed by atoms with Crippen molar-refractivity contribution in [3.05, 3.63) is 24.3 Å². The number of methoxy groups -OCH3 is 1. The van der Waals surface area contributed by atoms with E-state index in [1.807, 2.05) is 6.92 Å². The summed E-state index contributed by atoms with van der Waals surface area (Å²) in [4.78, 5) is 12.2. The molecule has 0 saturated carbocycles. The molecule has 0 heterocycles. The average molecular weight is 266 g/mol. The van der Waals surface area contributed by atoms with Crippen LogP contribution in [-0.4, -0.2) is 18.0 Å². The molecule has 0 aliphatic heterocycles. The lowest BCUT2D eigenvalue weighted by atomic mass is 10.0. The molecule has 1 aromatic rings. The van der Waals surface area contributed by atoms with E-state index in [2.05, 4.69) is 5.32 Å². The second-order valence-electron chi connectivity index (χ2n) is 3.96. The quantitative estimate of drug-likeness (QED) is 0.776. The van der Waals surface area contributed by atoms with Gasteiger partial charge in [0, 0.05) is 5.69 Å². The molecule has 0 aliphatic rings.